The molecule has 1 aromatic rings. The minimum atomic E-state index is 0.685. The summed E-state index contributed by atoms with van der Waals surface area (Å²) in [6.07, 6.45) is 6.39. The van der Waals surface area contributed by atoms with Gasteiger partial charge >= 0.3 is 0 Å². The predicted octanol–water partition coefficient (Wildman–Crippen LogP) is 0.811. The molecule has 0 aromatic carbocycles. The Bertz CT molecular complexity index is 337. The van der Waals surface area contributed by atoms with Gasteiger partial charge in [-0.3, -0.25) is 0 Å². The van der Waals surface area contributed by atoms with E-state index in [-0.39, 0.29) is 0 Å². The highest BCUT2D eigenvalue weighted by Crippen LogP contribution is 2.19. The number of anilines is 1. The molecule has 0 unspecified atom stereocenters. The number of methoxy groups -OCH3 is 1. The average molecular weight is 236 g/mol. The van der Waals surface area contributed by atoms with Gasteiger partial charge in [0.2, 0.25) is 5.95 Å². The van der Waals surface area contributed by atoms with Gasteiger partial charge in [0.25, 0.3) is 0 Å². The smallest absolute Gasteiger partial charge is 0.225 e. The van der Waals surface area contributed by atoms with Crippen molar-refractivity contribution in [2.75, 3.05) is 32.2 Å². The molecule has 0 amide bonds. The maximum atomic E-state index is 5.02. The first-order chi connectivity index (χ1) is 8.29. The molecule has 0 saturated heterocycles. The number of hydrogen-bond acceptors (Lipinski definition) is 5. The van der Waals surface area contributed by atoms with E-state index in [0.29, 0.717) is 6.61 Å². The van der Waals surface area contributed by atoms with E-state index in [1.54, 1.807) is 7.11 Å². The van der Waals surface area contributed by atoms with Gasteiger partial charge in [-0.1, -0.05) is 0 Å². The van der Waals surface area contributed by atoms with Crippen LogP contribution < -0.4 is 10.2 Å². The van der Waals surface area contributed by atoms with E-state index < -0.39 is 0 Å². The van der Waals surface area contributed by atoms with Crippen molar-refractivity contribution < 1.29 is 4.74 Å². The first kappa shape index (κ1) is 12.3. The zero-order chi connectivity index (χ0) is 12.1. The molecule has 5 nitrogen and oxygen atoms in total. The fraction of sp³-hybridized carbons (Fsp3) is 0.667. The van der Waals surface area contributed by atoms with Gasteiger partial charge in [0.1, 0.15) is 0 Å². The topological polar surface area (TPSA) is 50.3 Å². The number of hydrogen-bond donors (Lipinski definition) is 1. The van der Waals surface area contributed by atoms with Gasteiger partial charge in [-0.25, -0.2) is 9.97 Å². The third-order valence-corrected chi connectivity index (χ3v) is 2.84. The normalized spacial score (nSPS) is 14.9. The lowest BCUT2D eigenvalue weighted by atomic mass is 10.3. The summed E-state index contributed by atoms with van der Waals surface area (Å²) >= 11 is 0. The Kier molecular flexibility index (Phi) is 4.28. The molecular weight excluding hydrogens is 216 g/mol. The van der Waals surface area contributed by atoms with Crippen LogP contribution in [-0.4, -0.2) is 43.3 Å². The van der Waals surface area contributed by atoms with E-state index >= 15 is 0 Å². The van der Waals surface area contributed by atoms with Gasteiger partial charge in [0, 0.05) is 51.2 Å². The molecular formula is C12H20N4O. The van der Waals surface area contributed by atoms with Gasteiger partial charge in [0.05, 0.1) is 6.61 Å². The van der Waals surface area contributed by atoms with Gasteiger partial charge in [-0.05, 0) is 12.8 Å². The van der Waals surface area contributed by atoms with E-state index in [2.05, 4.69) is 15.3 Å². The Balaban J connectivity index is 1.82. The summed E-state index contributed by atoms with van der Waals surface area (Å²) in [7, 11) is 3.66. The Morgan fingerprint density at radius 1 is 1.41 bits per heavy atom. The first-order valence-corrected chi connectivity index (χ1v) is 6.04. The summed E-state index contributed by atoms with van der Waals surface area (Å²) in [5.41, 5.74) is 1.14. The summed E-state index contributed by atoms with van der Waals surface area (Å²) in [6.45, 7) is 2.35. The predicted molar refractivity (Wildman–Crippen MR) is 67.0 cm³/mol. The summed E-state index contributed by atoms with van der Waals surface area (Å²) in [5.74, 6) is 0.747. The second kappa shape index (κ2) is 5.93. The molecule has 1 N–H and O–H groups in total. The molecule has 1 saturated carbocycles. The molecule has 1 heterocycles. The molecule has 94 valence electrons. The highest BCUT2D eigenvalue weighted by Gasteiger charge is 2.19. The number of aromatic nitrogens is 2. The van der Waals surface area contributed by atoms with Gasteiger partial charge in [0.15, 0.2) is 0 Å². The molecule has 2 rings (SSSR count). The molecule has 0 spiro atoms. The van der Waals surface area contributed by atoms with Crippen LogP contribution in [0.1, 0.15) is 18.4 Å². The number of ether oxygens (including phenoxy) is 1. The van der Waals surface area contributed by atoms with Gasteiger partial charge in [-0.2, -0.15) is 0 Å². The number of rotatable bonds is 7. The molecule has 1 aromatic heterocycles. The average Bonchev–Trinajstić information content (AvgIpc) is 3.18. The van der Waals surface area contributed by atoms with Crippen molar-refractivity contribution in [3.63, 3.8) is 0 Å². The Morgan fingerprint density at radius 2 is 2.12 bits per heavy atom. The van der Waals surface area contributed by atoms with Crippen LogP contribution in [0, 0.1) is 0 Å². The van der Waals surface area contributed by atoms with Crippen LogP contribution >= 0.6 is 0 Å². The van der Waals surface area contributed by atoms with Crippen molar-refractivity contribution in [3.05, 3.63) is 18.0 Å². The lowest BCUT2D eigenvalue weighted by Crippen LogP contribution is -2.24. The van der Waals surface area contributed by atoms with Crippen LogP contribution in [0.25, 0.3) is 0 Å². The summed E-state index contributed by atoms with van der Waals surface area (Å²) in [6, 6.07) is 0.721. The van der Waals surface area contributed by atoms with Crippen LogP contribution in [0.5, 0.6) is 0 Å². The first-order valence-electron chi connectivity index (χ1n) is 6.04. The maximum absolute atomic E-state index is 5.02. The second-order valence-corrected chi connectivity index (χ2v) is 4.46. The summed E-state index contributed by atoms with van der Waals surface area (Å²) in [5, 5.41) is 3.44. The van der Waals surface area contributed by atoms with Crippen molar-refractivity contribution in [2.24, 2.45) is 0 Å². The molecule has 0 radical (unpaired) electrons. The fourth-order valence-electron chi connectivity index (χ4n) is 1.51. The van der Waals surface area contributed by atoms with Crippen molar-refractivity contribution in [1.82, 2.24) is 15.3 Å². The second-order valence-electron chi connectivity index (χ2n) is 4.46. The highest BCUT2D eigenvalue weighted by molar-refractivity contribution is 5.28. The fourth-order valence-corrected chi connectivity index (χ4v) is 1.51. The molecule has 1 aliphatic carbocycles. The van der Waals surface area contributed by atoms with E-state index in [9.17, 15) is 0 Å². The van der Waals surface area contributed by atoms with Crippen LogP contribution in [0.4, 0.5) is 5.95 Å². The van der Waals surface area contributed by atoms with E-state index in [0.717, 1.165) is 30.6 Å². The van der Waals surface area contributed by atoms with Crippen LogP contribution in [-0.2, 0) is 11.3 Å². The largest absolute Gasteiger partial charge is 0.383 e. The van der Waals surface area contributed by atoms with Gasteiger partial charge in [-0.15, -0.1) is 0 Å². The number of nitrogens with one attached hydrogen (secondary N) is 1. The Morgan fingerprint density at radius 3 is 2.71 bits per heavy atom. The van der Waals surface area contributed by atoms with Crippen molar-refractivity contribution in [3.8, 4) is 0 Å². The molecule has 5 heteroatoms. The zero-order valence-corrected chi connectivity index (χ0v) is 10.5. The standard InChI is InChI=1S/C12H20N4O/c1-16(5-6-17-2)12-14-8-10(9-15-12)7-13-11-3-4-11/h8-9,11,13H,3-7H2,1-2H3. The SMILES string of the molecule is COCCN(C)c1ncc(CNC2CC2)cn1. The third kappa shape index (κ3) is 3.94. The van der Waals surface area contributed by atoms with E-state index in [1.165, 1.54) is 12.8 Å². The Hall–Kier alpha value is -1.20. The molecule has 1 aliphatic rings. The lowest BCUT2D eigenvalue weighted by Gasteiger charge is -2.16. The maximum Gasteiger partial charge on any atom is 0.225 e. The van der Waals surface area contributed by atoms with Crippen LogP contribution in [0.15, 0.2) is 12.4 Å². The zero-order valence-electron chi connectivity index (χ0n) is 10.5. The molecule has 17 heavy (non-hydrogen) atoms. The highest BCUT2D eigenvalue weighted by atomic mass is 16.5. The van der Waals surface area contributed by atoms with Gasteiger partial charge < -0.3 is 15.0 Å². The molecule has 0 aliphatic heterocycles. The Labute approximate surface area is 102 Å². The minimum Gasteiger partial charge on any atom is -0.383 e. The van der Waals surface area contributed by atoms with Crippen LogP contribution in [0.2, 0.25) is 0 Å². The quantitative estimate of drug-likeness (QED) is 0.759. The van der Waals surface area contributed by atoms with E-state index in [4.69, 9.17) is 4.74 Å². The van der Waals surface area contributed by atoms with Crippen LogP contribution in [0.3, 0.4) is 0 Å². The molecule has 1 fully saturated rings. The minimum absolute atomic E-state index is 0.685. The van der Waals surface area contributed by atoms with Crippen molar-refractivity contribution in [2.45, 2.75) is 25.4 Å². The van der Waals surface area contributed by atoms with Crippen molar-refractivity contribution in [1.29, 1.82) is 0 Å². The number of nitrogens with zero attached hydrogens (tertiary/aromatic N) is 3. The summed E-state index contributed by atoms with van der Waals surface area (Å²) < 4.78 is 5.02. The molecule has 0 bridgehead atoms. The number of likely N-dealkylation sites (N-methyl/N-ethyl adjacent to an activating group) is 1. The molecule has 0 atom stereocenters. The monoisotopic (exact) mass is 236 g/mol. The van der Waals surface area contributed by atoms with Crippen molar-refractivity contribution >= 4 is 5.95 Å². The summed E-state index contributed by atoms with van der Waals surface area (Å²) in [4.78, 5) is 10.7. The third-order valence-electron chi connectivity index (χ3n) is 2.84. The lowest BCUT2D eigenvalue weighted by molar-refractivity contribution is 0.206. The van der Waals surface area contributed by atoms with E-state index in [1.807, 2.05) is 24.3 Å².